The summed E-state index contributed by atoms with van der Waals surface area (Å²) in [7, 11) is 0. The lowest BCUT2D eigenvalue weighted by Gasteiger charge is -2.15. The number of benzene rings is 2. The number of rotatable bonds is 5. The van der Waals surface area contributed by atoms with E-state index in [1.807, 2.05) is 55.5 Å². The van der Waals surface area contributed by atoms with Crippen molar-refractivity contribution < 1.29 is 4.79 Å². The Hall–Kier alpha value is -4.79. The third-order valence-corrected chi connectivity index (χ3v) is 5.33. The van der Waals surface area contributed by atoms with Crippen LogP contribution in [0.3, 0.4) is 0 Å². The monoisotopic (exact) mass is 436 g/mol. The fraction of sp³-hybridized carbons (Fsp3) is 0.0417. The van der Waals surface area contributed by atoms with Gasteiger partial charge in [0.15, 0.2) is 11.5 Å². The average Bonchev–Trinajstić information content (AvgIpc) is 3.29. The Morgan fingerprint density at radius 2 is 1.85 bits per heavy atom. The summed E-state index contributed by atoms with van der Waals surface area (Å²) in [4.78, 5) is 25.9. The van der Waals surface area contributed by atoms with Crippen molar-refractivity contribution >= 4 is 34.0 Å². The molecule has 9 heteroatoms. The van der Waals surface area contributed by atoms with E-state index in [9.17, 15) is 4.79 Å². The van der Waals surface area contributed by atoms with Gasteiger partial charge in [-0.25, -0.2) is 15.0 Å². The molecule has 0 saturated heterocycles. The number of nitrogen functional groups attached to an aromatic ring is 1. The Morgan fingerprint density at radius 3 is 2.64 bits per heavy atom. The number of hydrogen-bond donors (Lipinski definition) is 4. The molecule has 2 aromatic carbocycles. The van der Waals surface area contributed by atoms with Gasteiger partial charge in [-0.05, 0) is 42.8 Å². The van der Waals surface area contributed by atoms with Crippen LogP contribution in [0.5, 0.6) is 0 Å². The fourth-order valence-electron chi connectivity index (χ4n) is 3.75. The van der Waals surface area contributed by atoms with Crippen molar-refractivity contribution in [1.29, 1.82) is 0 Å². The number of primary amides is 1. The number of amides is 1. The zero-order valence-corrected chi connectivity index (χ0v) is 17.7. The number of carbonyl (C=O) groups is 1. The maximum atomic E-state index is 12.3. The van der Waals surface area contributed by atoms with Gasteiger partial charge in [0.05, 0.1) is 28.7 Å². The number of nitrogens with zero attached hydrogens (tertiary/aromatic N) is 4. The highest BCUT2D eigenvalue weighted by Crippen LogP contribution is 2.36. The second-order valence-electron chi connectivity index (χ2n) is 7.50. The third-order valence-electron chi connectivity index (χ3n) is 5.33. The molecule has 0 bridgehead atoms. The topological polar surface area (TPSA) is 148 Å². The van der Waals surface area contributed by atoms with Crippen LogP contribution < -0.4 is 16.8 Å². The van der Waals surface area contributed by atoms with Gasteiger partial charge in [0.25, 0.3) is 5.91 Å². The van der Waals surface area contributed by atoms with Gasteiger partial charge in [-0.15, -0.1) is 0 Å². The third kappa shape index (κ3) is 3.61. The van der Waals surface area contributed by atoms with E-state index < -0.39 is 5.91 Å². The van der Waals surface area contributed by atoms with Crippen LogP contribution >= 0.6 is 0 Å². The lowest BCUT2D eigenvalue weighted by atomic mass is 9.99. The van der Waals surface area contributed by atoms with Crippen LogP contribution in [0.2, 0.25) is 0 Å². The zero-order valence-electron chi connectivity index (χ0n) is 17.7. The van der Waals surface area contributed by atoms with Gasteiger partial charge in [-0.1, -0.05) is 24.3 Å². The zero-order chi connectivity index (χ0) is 22.9. The number of H-pyrrole nitrogens is 1. The van der Waals surface area contributed by atoms with E-state index >= 15 is 0 Å². The molecule has 3 aromatic heterocycles. The van der Waals surface area contributed by atoms with Gasteiger partial charge < -0.3 is 16.8 Å². The van der Waals surface area contributed by atoms with E-state index in [1.165, 1.54) is 0 Å². The van der Waals surface area contributed by atoms with Crippen molar-refractivity contribution in [1.82, 2.24) is 25.1 Å². The highest BCUT2D eigenvalue weighted by Gasteiger charge is 2.22. The predicted molar refractivity (Wildman–Crippen MR) is 128 cm³/mol. The van der Waals surface area contributed by atoms with E-state index in [4.69, 9.17) is 16.5 Å². The molecule has 33 heavy (non-hydrogen) atoms. The number of para-hydroxylation sites is 1. The van der Waals surface area contributed by atoms with Gasteiger partial charge in [-0.2, -0.15) is 5.10 Å². The molecule has 0 saturated carbocycles. The Labute approximate surface area is 188 Å². The Bertz CT molecular complexity index is 1490. The Balaban J connectivity index is 1.74. The van der Waals surface area contributed by atoms with Crippen molar-refractivity contribution in [3.63, 3.8) is 0 Å². The summed E-state index contributed by atoms with van der Waals surface area (Å²) < 4.78 is 0. The van der Waals surface area contributed by atoms with E-state index in [2.05, 4.69) is 25.5 Å². The van der Waals surface area contributed by atoms with E-state index in [1.54, 1.807) is 18.5 Å². The maximum Gasteiger partial charge on any atom is 0.269 e. The Kier molecular flexibility index (Phi) is 4.91. The number of anilines is 3. The van der Waals surface area contributed by atoms with Crippen LogP contribution in [0.4, 0.5) is 17.2 Å². The molecule has 1 amide bonds. The molecule has 6 N–H and O–H groups in total. The van der Waals surface area contributed by atoms with Gasteiger partial charge in [0.1, 0.15) is 5.82 Å². The number of nitrogens with two attached hydrogens (primary N) is 2. The molecule has 0 atom stereocenters. The number of pyridine rings is 1. The molecule has 3 heterocycles. The number of aryl methyl sites for hydroxylation is 1. The average molecular weight is 436 g/mol. The van der Waals surface area contributed by atoms with E-state index in [-0.39, 0.29) is 17.2 Å². The van der Waals surface area contributed by atoms with E-state index in [0.29, 0.717) is 17.1 Å². The maximum absolute atomic E-state index is 12.3. The molecule has 9 nitrogen and oxygen atoms in total. The number of aromatic amines is 1. The summed E-state index contributed by atoms with van der Waals surface area (Å²) >= 11 is 0. The van der Waals surface area contributed by atoms with Gasteiger partial charge in [-0.3, -0.25) is 9.89 Å². The van der Waals surface area contributed by atoms with Crippen LogP contribution in [-0.2, 0) is 0 Å². The fourth-order valence-corrected chi connectivity index (χ4v) is 3.75. The quantitative estimate of drug-likeness (QED) is 0.327. The van der Waals surface area contributed by atoms with Crippen molar-refractivity contribution in [2.45, 2.75) is 6.92 Å². The molecular weight excluding hydrogens is 416 g/mol. The molecule has 162 valence electrons. The summed E-state index contributed by atoms with van der Waals surface area (Å²) in [6, 6.07) is 17.1. The first kappa shape index (κ1) is 20.1. The number of aromatic nitrogens is 5. The molecule has 0 aliphatic heterocycles. The van der Waals surface area contributed by atoms with Gasteiger partial charge >= 0.3 is 0 Å². The lowest BCUT2D eigenvalue weighted by molar-refractivity contribution is 0.0996. The molecule has 0 aliphatic rings. The molecule has 0 unspecified atom stereocenters. The number of carbonyl (C=O) groups excluding carboxylic acids is 1. The summed E-state index contributed by atoms with van der Waals surface area (Å²) in [6.45, 7) is 1.94. The molecular formula is C24H20N8O. The number of fused-ring (bicyclic) bond motifs is 1. The number of nitrogens with one attached hydrogen (secondary N) is 2. The second-order valence-corrected chi connectivity index (χ2v) is 7.50. The number of hydrogen-bond acceptors (Lipinski definition) is 7. The summed E-state index contributed by atoms with van der Waals surface area (Å²) in [5, 5.41) is 11.2. The van der Waals surface area contributed by atoms with Crippen LogP contribution in [0.1, 0.15) is 16.1 Å². The molecule has 0 aliphatic carbocycles. The first-order valence-electron chi connectivity index (χ1n) is 10.2. The molecule has 0 spiro atoms. The van der Waals surface area contributed by atoms with Crippen LogP contribution in [0.15, 0.2) is 67.0 Å². The molecule has 5 aromatic rings. The van der Waals surface area contributed by atoms with Crippen molar-refractivity contribution in [3.05, 3.63) is 78.2 Å². The first-order valence-corrected chi connectivity index (χ1v) is 10.2. The summed E-state index contributed by atoms with van der Waals surface area (Å²) in [5.41, 5.74) is 16.4. The second kappa shape index (κ2) is 8.04. The van der Waals surface area contributed by atoms with Crippen LogP contribution in [0, 0.1) is 6.92 Å². The molecule has 0 radical (unpaired) electrons. The largest absolute Gasteiger partial charge is 0.395 e. The normalized spacial score (nSPS) is 10.9. The highest BCUT2D eigenvalue weighted by molar-refractivity contribution is 6.04. The predicted octanol–water partition coefficient (Wildman–Crippen LogP) is 3.82. The van der Waals surface area contributed by atoms with Gasteiger partial charge in [0, 0.05) is 22.8 Å². The van der Waals surface area contributed by atoms with Gasteiger partial charge in [0.2, 0.25) is 0 Å². The Morgan fingerprint density at radius 1 is 1.03 bits per heavy atom. The minimum absolute atomic E-state index is 0.0515. The molecule has 5 rings (SSSR count). The minimum atomic E-state index is -0.740. The first-order chi connectivity index (χ1) is 16.0. The summed E-state index contributed by atoms with van der Waals surface area (Å²) in [5.74, 6) is 0.0726. The lowest BCUT2D eigenvalue weighted by Crippen LogP contribution is -2.18. The van der Waals surface area contributed by atoms with Crippen LogP contribution in [-0.4, -0.2) is 31.1 Å². The SMILES string of the molecule is Cc1ccc2[nH]ncc2c1-c1nc(-c2cccnc2Nc2ccccc2)nc(C(N)=O)c1N. The van der Waals surface area contributed by atoms with E-state index in [0.717, 1.165) is 27.7 Å². The highest BCUT2D eigenvalue weighted by atomic mass is 16.1. The minimum Gasteiger partial charge on any atom is -0.395 e. The molecule has 0 fully saturated rings. The van der Waals surface area contributed by atoms with Crippen molar-refractivity contribution in [2.24, 2.45) is 5.73 Å². The van der Waals surface area contributed by atoms with Crippen LogP contribution in [0.25, 0.3) is 33.5 Å². The van der Waals surface area contributed by atoms with Crippen molar-refractivity contribution in [2.75, 3.05) is 11.1 Å². The summed E-state index contributed by atoms with van der Waals surface area (Å²) in [6.07, 6.45) is 3.37. The van der Waals surface area contributed by atoms with Crippen molar-refractivity contribution in [3.8, 4) is 22.6 Å². The smallest absolute Gasteiger partial charge is 0.269 e. The standard InChI is InChI=1S/C24H20N8O/c1-13-9-10-17-16(12-28-32-17)18(13)20-19(25)21(22(26)33)31-24(30-20)15-8-5-11-27-23(15)29-14-6-3-2-4-7-14/h2-12H,25H2,1H3,(H2,26,33)(H,27,29)(H,28,32).